The van der Waals surface area contributed by atoms with Gasteiger partial charge in [-0.3, -0.25) is 4.79 Å². The van der Waals surface area contributed by atoms with Gasteiger partial charge in [0.25, 0.3) is 0 Å². The summed E-state index contributed by atoms with van der Waals surface area (Å²) in [6.07, 6.45) is 2.04. The van der Waals surface area contributed by atoms with Gasteiger partial charge >= 0.3 is 25.8 Å². The number of unbranched alkanes of at least 4 members (excludes halogenated alkanes) is 1. The van der Waals surface area contributed by atoms with Gasteiger partial charge in [-0.25, -0.2) is 4.79 Å². The standard InChI is InChI=1S/C18H23N3OS.C9H11NO.C8H10O.Os/c1-14-8-10-15(11-9-14)20-18(22)21-17-7-3-2-6-16(17)19-12-4-5-13-23;1-7-3-5-9(6-4-7)10-8(2)11;1-7-3-5-8(9-2)6-4-7;/h2-3,6-11,19,23H,4-5,12-13H2,1H3,(H2,20,21,22);3-6H,1-2H3,(H,10,11);3-6H,1-2H3;/q;;;+1/p-1. The van der Waals surface area contributed by atoms with Gasteiger partial charge < -0.3 is 38.6 Å². The summed E-state index contributed by atoms with van der Waals surface area (Å²) in [5.74, 6) is 1.66. The molecule has 4 N–H and O–H groups in total. The van der Waals surface area contributed by atoms with E-state index in [1.165, 1.54) is 18.1 Å². The molecule has 9 heteroatoms. The van der Waals surface area contributed by atoms with Crippen LogP contribution < -0.4 is 26.0 Å². The third kappa shape index (κ3) is 16.2. The monoisotopic (exact) mass is 791 g/mol. The number of urea groups is 1. The SMILES string of the molecule is CC(=O)Nc1ccc(C)cc1.COc1ccc(C)cc1.Cc1ccc(NC(=O)Nc2ccccc2NCCCC[S-])cc1.[Os+]. The molecule has 0 aliphatic rings. The van der Waals surface area contributed by atoms with Crippen LogP contribution in [0.25, 0.3) is 0 Å². The second kappa shape index (κ2) is 21.8. The summed E-state index contributed by atoms with van der Waals surface area (Å²) < 4.78 is 4.97. The van der Waals surface area contributed by atoms with Crippen LogP contribution in [-0.2, 0) is 37.2 Å². The molecule has 4 aromatic rings. The summed E-state index contributed by atoms with van der Waals surface area (Å²) in [5.41, 5.74) is 6.90. The van der Waals surface area contributed by atoms with Crippen molar-refractivity contribution in [2.75, 3.05) is 40.7 Å². The van der Waals surface area contributed by atoms with Crippen molar-refractivity contribution in [1.82, 2.24) is 0 Å². The maximum Gasteiger partial charge on any atom is 1.00 e. The normalized spacial score (nSPS) is 9.50. The fourth-order valence-electron chi connectivity index (χ4n) is 3.63. The first-order chi connectivity index (χ1) is 20.7. The number of amides is 3. The maximum absolute atomic E-state index is 12.1. The van der Waals surface area contributed by atoms with E-state index in [1.54, 1.807) is 7.11 Å². The van der Waals surface area contributed by atoms with Crippen LogP contribution in [0.4, 0.5) is 27.5 Å². The van der Waals surface area contributed by atoms with Crippen LogP contribution in [0, 0.1) is 20.8 Å². The smallest absolute Gasteiger partial charge is 0.793 e. The number of aryl methyl sites for hydroxylation is 3. The summed E-state index contributed by atoms with van der Waals surface area (Å²) >= 11 is 4.94. The van der Waals surface area contributed by atoms with E-state index in [1.807, 2.05) is 111 Å². The Hall–Kier alpha value is -3.79. The zero-order chi connectivity index (χ0) is 31.5. The van der Waals surface area contributed by atoms with Crippen molar-refractivity contribution >= 4 is 47.3 Å². The van der Waals surface area contributed by atoms with E-state index in [4.69, 9.17) is 17.4 Å². The fourth-order valence-corrected chi connectivity index (χ4v) is 3.84. The van der Waals surface area contributed by atoms with Crippen LogP contribution in [0.3, 0.4) is 0 Å². The van der Waals surface area contributed by atoms with Gasteiger partial charge in [0.1, 0.15) is 5.75 Å². The van der Waals surface area contributed by atoms with E-state index in [9.17, 15) is 9.59 Å². The summed E-state index contributed by atoms with van der Waals surface area (Å²) in [6, 6.07) is 30.8. The van der Waals surface area contributed by atoms with Crippen molar-refractivity contribution in [2.45, 2.75) is 40.5 Å². The number of benzene rings is 4. The summed E-state index contributed by atoms with van der Waals surface area (Å²) in [4.78, 5) is 22.7. The van der Waals surface area contributed by atoms with Crippen molar-refractivity contribution in [3.8, 4) is 5.75 Å². The predicted octanol–water partition coefficient (Wildman–Crippen LogP) is 8.33. The third-order valence-electron chi connectivity index (χ3n) is 6.00. The minimum atomic E-state index is -0.256. The van der Waals surface area contributed by atoms with Gasteiger partial charge in [-0.05, 0) is 75.7 Å². The van der Waals surface area contributed by atoms with Crippen LogP contribution in [0.2, 0.25) is 0 Å². The molecule has 0 aromatic heterocycles. The zero-order valence-corrected chi connectivity index (χ0v) is 29.4. The number of methoxy groups -OCH3 is 1. The molecule has 0 heterocycles. The van der Waals surface area contributed by atoms with Crippen LogP contribution in [0.15, 0.2) is 97.1 Å². The molecule has 4 rings (SSSR count). The number of nitrogens with one attached hydrogen (secondary N) is 4. The van der Waals surface area contributed by atoms with Crippen LogP contribution in [0.5, 0.6) is 5.75 Å². The van der Waals surface area contributed by atoms with Gasteiger partial charge in [0.05, 0.1) is 18.5 Å². The van der Waals surface area contributed by atoms with Gasteiger partial charge in [-0.1, -0.05) is 71.6 Å². The molecule has 0 unspecified atom stereocenters. The number of hydrogen-bond donors (Lipinski definition) is 4. The van der Waals surface area contributed by atoms with Crippen LogP contribution >= 0.6 is 0 Å². The average molecular weight is 790 g/mol. The van der Waals surface area contributed by atoms with Gasteiger partial charge in [0, 0.05) is 24.8 Å². The van der Waals surface area contributed by atoms with E-state index >= 15 is 0 Å². The quantitative estimate of drug-likeness (QED) is 0.101. The number of rotatable bonds is 9. The van der Waals surface area contributed by atoms with E-state index in [0.29, 0.717) is 0 Å². The summed E-state index contributed by atoms with van der Waals surface area (Å²) in [7, 11) is 1.67. The Morgan fingerprint density at radius 3 is 1.61 bits per heavy atom. The van der Waals surface area contributed by atoms with Crippen molar-refractivity contribution in [2.24, 2.45) is 0 Å². The van der Waals surface area contributed by atoms with E-state index in [0.717, 1.165) is 59.2 Å². The second-order valence-electron chi connectivity index (χ2n) is 9.89. The summed E-state index contributed by atoms with van der Waals surface area (Å²) in [5, 5.41) is 11.7. The Morgan fingerprint density at radius 1 is 0.659 bits per heavy atom. The Balaban J connectivity index is 0.000000381. The first kappa shape index (κ1) is 38.2. The zero-order valence-electron chi connectivity index (χ0n) is 26.1. The maximum atomic E-state index is 12.1. The van der Waals surface area contributed by atoms with Crippen LogP contribution in [-0.4, -0.2) is 31.3 Å². The molecule has 0 saturated carbocycles. The largest absolute Gasteiger partial charge is 1.00 e. The molecule has 3 amide bonds. The summed E-state index contributed by atoms with van der Waals surface area (Å²) in [6.45, 7) is 8.42. The number of hydrogen-bond acceptors (Lipinski definition) is 5. The van der Waals surface area contributed by atoms with Crippen molar-refractivity contribution < 1.29 is 34.1 Å². The number of para-hydroxylation sites is 2. The molecule has 0 spiro atoms. The number of anilines is 4. The van der Waals surface area contributed by atoms with Gasteiger partial charge in [-0.2, -0.15) is 5.75 Å². The molecular formula is C35H43N4O3OsS. The molecule has 4 aromatic carbocycles. The third-order valence-corrected chi connectivity index (χ3v) is 6.29. The Morgan fingerprint density at radius 2 is 1.14 bits per heavy atom. The Kier molecular flexibility index (Phi) is 19.0. The molecule has 0 fully saturated rings. The molecule has 235 valence electrons. The number of carbonyl (C=O) groups excluding carboxylic acids is 2. The molecule has 0 aliphatic heterocycles. The molecule has 1 radical (unpaired) electrons. The van der Waals surface area contributed by atoms with E-state index in [-0.39, 0.29) is 31.7 Å². The van der Waals surface area contributed by atoms with E-state index in [2.05, 4.69) is 28.2 Å². The van der Waals surface area contributed by atoms with Gasteiger partial charge in [0.2, 0.25) is 5.91 Å². The minimum Gasteiger partial charge on any atom is -0.793 e. The molecule has 44 heavy (non-hydrogen) atoms. The topological polar surface area (TPSA) is 91.5 Å². The Labute approximate surface area is 281 Å². The molecule has 0 bridgehead atoms. The predicted molar refractivity (Wildman–Crippen MR) is 183 cm³/mol. The van der Waals surface area contributed by atoms with Gasteiger partial charge in [-0.15, -0.1) is 0 Å². The molecule has 7 nitrogen and oxygen atoms in total. The molecule has 0 atom stereocenters. The molecule has 0 aliphatic carbocycles. The Bertz CT molecular complexity index is 1380. The van der Waals surface area contributed by atoms with Gasteiger partial charge in [0.15, 0.2) is 0 Å². The first-order valence-corrected chi connectivity index (χ1v) is 14.8. The fraction of sp³-hybridized carbons (Fsp3) is 0.257. The van der Waals surface area contributed by atoms with Crippen molar-refractivity contribution in [3.63, 3.8) is 0 Å². The second-order valence-corrected chi connectivity index (χ2v) is 10.3. The molecule has 0 saturated heterocycles. The first-order valence-electron chi connectivity index (χ1n) is 14.2. The van der Waals surface area contributed by atoms with Crippen molar-refractivity contribution in [3.05, 3.63) is 114 Å². The van der Waals surface area contributed by atoms with E-state index < -0.39 is 0 Å². The minimum absolute atomic E-state index is 0. The molecular weight excluding hydrogens is 747 g/mol. The van der Waals surface area contributed by atoms with Crippen LogP contribution in [0.1, 0.15) is 36.5 Å². The average Bonchev–Trinajstić information content (AvgIpc) is 2.99. The number of carbonyl (C=O) groups is 2. The van der Waals surface area contributed by atoms with Crippen molar-refractivity contribution in [1.29, 1.82) is 0 Å². The number of ether oxygens (including phenoxy) is 1.